The molecule has 3 aromatic carbocycles. The summed E-state index contributed by atoms with van der Waals surface area (Å²) in [5.74, 6) is -0.0346. The van der Waals surface area contributed by atoms with Crippen molar-refractivity contribution < 1.29 is 32.5 Å². The van der Waals surface area contributed by atoms with Crippen molar-refractivity contribution in [1.29, 1.82) is 0 Å². The van der Waals surface area contributed by atoms with Gasteiger partial charge in [0.15, 0.2) is 6.61 Å². The summed E-state index contributed by atoms with van der Waals surface area (Å²) in [6.07, 6.45) is -4.83. The smallest absolute Gasteiger partial charge is 0.416 e. The predicted molar refractivity (Wildman–Crippen MR) is 128 cm³/mol. The van der Waals surface area contributed by atoms with Gasteiger partial charge in [0.25, 0.3) is 0 Å². The topological polar surface area (TPSA) is 55.8 Å². The summed E-state index contributed by atoms with van der Waals surface area (Å²) in [4.78, 5) is 11.6. The van der Waals surface area contributed by atoms with Crippen LogP contribution in [0.3, 0.4) is 0 Å². The maximum absolute atomic E-state index is 12.9. The zero-order valence-electron chi connectivity index (χ0n) is 18.6. The van der Waals surface area contributed by atoms with Crippen LogP contribution in [0.2, 0.25) is 0 Å². The van der Waals surface area contributed by atoms with Crippen LogP contribution in [0.5, 0.6) is 11.5 Å². The number of carboxylic acids is 1. The van der Waals surface area contributed by atoms with E-state index >= 15 is 0 Å². The van der Waals surface area contributed by atoms with Crippen LogP contribution in [0, 0.1) is 6.92 Å². The molecule has 0 fully saturated rings. The number of hydrogen-bond acceptors (Lipinski definition) is 4. The summed E-state index contributed by atoms with van der Waals surface area (Å²) in [5, 5.41) is 10.8. The highest BCUT2D eigenvalue weighted by molar-refractivity contribution is 7.13. The van der Waals surface area contributed by atoms with Crippen molar-refractivity contribution in [2.45, 2.75) is 19.2 Å². The molecule has 0 aliphatic carbocycles. The molecule has 0 bridgehead atoms. The van der Waals surface area contributed by atoms with E-state index in [1.807, 2.05) is 41.8 Å². The number of rotatable bonds is 8. The second-order valence-corrected chi connectivity index (χ2v) is 8.75. The number of aliphatic carboxylic acids is 1. The van der Waals surface area contributed by atoms with Gasteiger partial charge in [-0.25, -0.2) is 4.79 Å². The molecule has 0 saturated heterocycles. The van der Waals surface area contributed by atoms with Gasteiger partial charge >= 0.3 is 12.1 Å². The van der Waals surface area contributed by atoms with Gasteiger partial charge in [-0.1, -0.05) is 42.5 Å². The third-order valence-electron chi connectivity index (χ3n) is 5.27. The Labute approximate surface area is 204 Å². The second kappa shape index (κ2) is 10.2. The van der Waals surface area contributed by atoms with Crippen molar-refractivity contribution in [1.82, 2.24) is 0 Å². The third kappa shape index (κ3) is 6.02. The summed E-state index contributed by atoms with van der Waals surface area (Å²) in [7, 11) is 0. The van der Waals surface area contributed by atoms with E-state index in [0.717, 1.165) is 33.7 Å². The molecule has 4 nitrogen and oxygen atoms in total. The minimum absolute atomic E-state index is 0.435. The van der Waals surface area contributed by atoms with Crippen LogP contribution < -0.4 is 9.47 Å². The predicted octanol–water partition coefficient (Wildman–Crippen LogP) is 7.37. The largest absolute Gasteiger partial charge is 0.482 e. The number of halogens is 3. The molecular formula is C27H21F3O4S. The van der Waals surface area contributed by atoms with Gasteiger partial charge in [-0.15, -0.1) is 11.3 Å². The number of ether oxygens (including phenoxy) is 2. The van der Waals surface area contributed by atoms with E-state index in [-0.39, 0.29) is 0 Å². The molecule has 0 aliphatic heterocycles. The lowest BCUT2D eigenvalue weighted by Crippen LogP contribution is -2.11. The maximum atomic E-state index is 12.9. The minimum Gasteiger partial charge on any atom is -0.482 e. The third-order valence-corrected chi connectivity index (χ3v) is 6.27. The number of carbonyl (C=O) groups is 1. The SMILES string of the molecule is Cc1cc(OC(c2ccccc2)c2csc(-c3ccc(C(F)(F)F)cc3)c2)ccc1OCC(=O)O. The fraction of sp³-hybridized carbons (Fsp3) is 0.148. The summed E-state index contributed by atoms with van der Waals surface area (Å²) >= 11 is 1.43. The molecule has 1 N–H and O–H groups in total. The lowest BCUT2D eigenvalue weighted by Gasteiger charge is -2.20. The maximum Gasteiger partial charge on any atom is 0.416 e. The summed E-state index contributed by atoms with van der Waals surface area (Å²) in [6.45, 7) is 1.37. The van der Waals surface area contributed by atoms with Gasteiger partial charge in [0.05, 0.1) is 5.56 Å². The zero-order chi connectivity index (χ0) is 25.0. The summed E-state index contributed by atoms with van der Waals surface area (Å²) < 4.78 is 50.4. The highest BCUT2D eigenvalue weighted by Gasteiger charge is 2.30. The average Bonchev–Trinajstić information content (AvgIpc) is 3.32. The van der Waals surface area contributed by atoms with E-state index < -0.39 is 30.4 Å². The van der Waals surface area contributed by atoms with Crippen LogP contribution >= 0.6 is 11.3 Å². The van der Waals surface area contributed by atoms with Crippen LogP contribution in [-0.2, 0) is 11.0 Å². The molecule has 180 valence electrons. The molecule has 1 atom stereocenters. The van der Waals surface area contributed by atoms with Crippen molar-refractivity contribution in [3.8, 4) is 21.9 Å². The lowest BCUT2D eigenvalue weighted by molar-refractivity contribution is -0.139. The fourth-order valence-corrected chi connectivity index (χ4v) is 4.48. The van der Waals surface area contributed by atoms with Crippen LogP contribution in [0.4, 0.5) is 13.2 Å². The molecule has 35 heavy (non-hydrogen) atoms. The van der Waals surface area contributed by atoms with Crippen molar-refractivity contribution >= 4 is 17.3 Å². The van der Waals surface area contributed by atoms with Crippen LogP contribution in [0.1, 0.15) is 28.4 Å². The van der Waals surface area contributed by atoms with Crippen LogP contribution in [-0.4, -0.2) is 17.7 Å². The molecule has 0 saturated carbocycles. The second-order valence-electron chi connectivity index (χ2n) is 7.84. The first-order valence-electron chi connectivity index (χ1n) is 10.6. The van der Waals surface area contributed by atoms with Gasteiger partial charge < -0.3 is 14.6 Å². The normalized spacial score (nSPS) is 12.2. The molecule has 8 heteroatoms. The van der Waals surface area contributed by atoms with Gasteiger partial charge in [0.1, 0.15) is 17.6 Å². The Morgan fingerprint density at radius 3 is 2.31 bits per heavy atom. The highest BCUT2D eigenvalue weighted by Crippen LogP contribution is 2.37. The molecule has 0 spiro atoms. The van der Waals surface area contributed by atoms with Crippen molar-refractivity contribution in [3.63, 3.8) is 0 Å². The number of alkyl halides is 3. The molecule has 1 heterocycles. The first-order chi connectivity index (χ1) is 16.7. The number of hydrogen-bond donors (Lipinski definition) is 1. The van der Waals surface area contributed by atoms with Gasteiger partial charge in [0, 0.05) is 10.4 Å². The molecule has 1 aromatic heterocycles. The molecular weight excluding hydrogens is 477 g/mol. The highest BCUT2D eigenvalue weighted by atomic mass is 32.1. The van der Waals surface area contributed by atoms with Crippen molar-refractivity contribution in [2.24, 2.45) is 0 Å². The van der Waals surface area contributed by atoms with E-state index in [2.05, 4.69) is 0 Å². The molecule has 0 aliphatic rings. The van der Waals surface area contributed by atoms with Gasteiger partial charge in [-0.05, 0) is 65.4 Å². The van der Waals surface area contributed by atoms with Gasteiger partial charge in [-0.3, -0.25) is 0 Å². The van der Waals surface area contributed by atoms with Crippen molar-refractivity contribution in [2.75, 3.05) is 6.61 Å². The molecule has 4 aromatic rings. The summed E-state index contributed by atoms with van der Waals surface area (Å²) in [5.41, 5.74) is 2.51. The molecule has 0 amide bonds. The van der Waals surface area contributed by atoms with Gasteiger partial charge in [-0.2, -0.15) is 13.2 Å². The van der Waals surface area contributed by atoms with Gasteiger partial charge in [0.2, 0.25) is 0 Å². The number of carboxylic acid groups (broad SMARTS) is 1. The Morgan fingerprint density at radius 2 is 1.69 bits per heavy atom. The zero-order valence-corrected chi connectivity index (χ0v) is 19.4. The standard InChI is InChI=1S/C27H21F3O4S/c1-17-13-22(11-12-23(17)33-15-25(31)32)34-26(19-5-3-2-4-6-19)20-14-24(35-16-20)18-7-9-21(10-8-18)27(28,29)30/h2-14,16,26H,15H2,1H3,(H,31,32). The van der Waals surface area contributed by atoms with E-state index in [0.29, 0.717) is 17.1 Å². The number of aryl methyl sites for hydroxylation is 1. The Bertz CT molecular complexity index is 1300. The molecule has 1 unspecified atom stereocenters. The lowest BCUT2D eigenvalue weighted by atomic mass is 10.0. The van der Waals surface area contributed by atoms with E-state index in [1.54, 1.807) is 25.1 Å². The summed E-state index contributed by atoms with van der Waals surface area (Å²) in [6, 6.07) is 21.8. The van der Waals surface area contributed by atoms with Crippen LogP contribution in [0.15, 0.2) is 84.2 Å². The average molecular weight is 499 g/mol. The Morgan fingerprint density at radius 1 is 0.971 bits per heavy atom. The minimum atomic E-state index is -4.38. The fourth-order valence-electron chi connectivity index (χ4n) is 3.55. The Balaban J connectivity index is 1.61. The Hall–Kier alpha value is -3.78. The first-order valence-corrected chi connectivity index (χ1v) is 11.5. The number of thiophene rings is 1. The Kier molecular flexibility index (Phi) is 7.12. The van der Waals surface area contributed by atoms with E-state index in [4.69, 9.17) is 14.6 Å². The van der Waals surface area contributed by atoms with E-state index in [9.17, 15) is 18.0 Å². The number of benzene rings is 3. The quantitative estimate of drug-likeness (QED) is 0.276. The molecule has 4 rings (SSSR count). The van der Waals surface area contributed by atoms with Crippen molar-refractivity contribution in [3.05, 3.63) is 106 Å². The van der Waals surface area contributed by atoms with Crippen LogP contribution in [0.25, 0.3) is 10.4 Å². The van der Waals surface area contributed by atoms with E-state index in [1.165, 1.54) is 23.5 Å². The molecule has 0 radical (unpaired) electrons. The first kappa shape index (κ1) is 24.3. The monoisotopic (exact) mass is 498 g/mol.